The van der Waals surface area contributed by atoms with E-state index in [2.05, 4.69) is 19.6 Å². The van der Waals surface area contributed by atoms with Crippen molar-refractivity contribution in [1.82, 2.24) is 15.1 Å². The van der Waals surface area contributed by atoms with E-state index >= 15 is 0 Å². The fourth-order valence-corrected chi connectivity index (χ4v) is 1.01. The lowest BCUT2D eigenvalue weighted by molar-refractivity contribution is 0.0686. The van der Waals surface area contributed by atoms with Gasteiger partial charge in [0.15, 0.2) is 0 Å². The van der Waals surface area contributed by atoms with Gasteiger partial charge < -0.3 is 9.63 Å². The van der Waals surface area contributed by atoms with Gasteiger partial charge in [-0.2, -0.15) is 0 Å². The molecule has 2 aromatic rings. The smallest absolute Gasteiger partial charge is 0.358 e. The summed E-state index contributed by atoms with van der Waals surface area (Å²) in [5.74, 6) is -1.15. The van der Waals surface area contributed by atoms with Gasteiger partial charge in [0.2, 0.25) is 5.69 Å². The first-order valence-electron chi connectivity index (χ1n) is 3.73. The Labute approximate surface area is 78.2 Å². The third kappa shape index (κ3) is 1.33. The fraction of sp³-hybridized carbons (Fsp3) is 0. The normalized spacial score (nSPS) is 10.0. The van der Waals surface area contributed by atoms with Crippen LogP contribution >= 0.6 is 0 Å². The van der Waals surface area contributed by atoms with Crippen molar-refractivity contribution < 1.29 is 14.4 Å². The molecule has 2 rings (SSSR count). The largest absolute Gasteiger partial charge is 0.476 e. The molecule has 0 saturated heterocycles. The quantitative estimate of drug-likeness (QED) is 0.756. The van der Waals surface area contributed by atoms with E-state index in [9.17, 15) is 4.79 Å². The van der Waals surface area contributed by atoms with E-state index in [0.717, 1.165) is 0 Å². The fourth-order valence-electron chi connectivity index (χ4n) is 1.01. The van der Waals surface area contributed by atoms with Crippen molar-refractivity contribution >= 4 is 5.97 Å². The summed E-state index contributed by atoms with van der Waals surface area (Å²) in [6.45, 7) is 0. The summed E-state index contributed by atoms with van der Waals surface area (Å²) < 4.78 is 4.56. The van der Waals surface area contributed by atoms with Gasteiger partial charge in [-0.05, 0) is 0 Å². The molecule has 0 aliphatic heterocycles. The first-order chi connectivity index (χ1) is 6.79. The van der Waals surface area contributed by atoms with E-state index in [4.69, 9.17) is 5.11 Å². The maximum Gasteiger partial charge on any atom is 0.358 e. The zero-order valence-corrected chi connectivity index (χ0v) is 6.91. The Kier molecular flexibility index (Phi) is 1.94. The zero-order valence-electron chi connectivity index (χ0n) is 6.91. The third-order valence-corrected chi connectivity index (χ3v) is 1.61. The Balaban J connectivity index is 2.52. The van der Waals surface area contributed by atoms with E-state index in [1.807, 2.05) is 0 Å². The second kappa shape index (κ2) is 3.25. The van der Waals surface area contributed by atoms with Gasteiger partial charge in [-0.25, -0.2) is 4.79 Å². The van der Waals surface area contributed by atoms with Crippen molar-refractivity contribution in [3.05, 3.63) is 30.5 Å². The Morgan fingerprint density at radius 2 is 2.29 bits per heavy atom. The molecule has 6 heteroatoms. The average Bonchev–Trinajstić information content (AvgIpc) is 2.67. The number of hydrogen-bond donors (Lipinski definition) is 1. The van der Waals surface area contributed by atoms with Crippen LogP contribution in [0.2, 0.25) is 0 Å². The van der Waals surface area contributed by atoms with Crippen molar-refractivity contribution in [2.24, 2.45) is 0 Å². The predicted molar refractivity (Wildman–Crippen MR) is 44.5 cm³/mol. The van der Waals surface area contributed by atoms with Crippen molar-refractivity contribution in [3.63, 3.8) is 0 Å². The second-order valence-electron chi connectivity index (χ2n) is 2.47. The molecule has 0 atom stereocenters. The highest BCUT2D eigenvalue weighted by atomic mass is 16.5. The van der Waals surface area contributed by atoms with E-state index in [1.54, 1.807) is 0 Å². The number of carboxylic acids is 1. The minimum absolute atomic E-state index is 0.162. The molecule has 1 N–H and O–H groups in total. The van der Waals surface area contributed by atoms with Gasteiger partial charge in [-0.15, -0.1) is 0 Å². The van der Waals surface area contributed by atoms with E-state index in [0.29, 0.717) is 11.3 Å². The summed E-state index contributed by atoms with van der Waals surface area (Å²) in [4.78, 5) is 18.4. The third-order valence-electron chi connectivity index (χ3n) is 1.61. The van der Waals surface area contributed by atoms with Crippen LogP contribution < -0.4 is 0 Å². The molecule has 0 fully saturated rings. The monoisotopic (exact) mass is 191 g/mol. The van der Waals surface area contributed by atoms with Crippen LogP contribution in [-0.2, 0) is 0 Å². The van der Waals surface area contributed by atoms with Crippen LogP contribution in [0, 0.1) is 0 Å². The average molecular weight is 191 g/mol. The van der Waals surface area contributed by atoms with Crippen LogP contribution in [0.15, 0.2) is 29.4 Å². The maximum atomic E-state index is 10.7. The number of carbonyl (C=O) groups is 1. The van der Waals surface area contributed by atoms with Gasteiger partial charge in [0, 0.05) is 12.4 Å². The lowest BCUT2D eigenvalue weighted by atomic mass is 10.2. The van der Waals surface area contributed by atoms with Gasteiger partial charge in [0.1, 0.15) is 6.26 Å². The van der Waals surface area contributed by atoms with Gasteiger partial charge in [0.05, 0.1) is 17.5 Å². The summed E-state index contributed by atoms with van der Waals surface area (Å²) in [7, 11) is 0. The summed E-state index contributed by atoms with van der Waals surface area (Å²) in [6, 6.07) is 0. The van der Waals surface area contributed by atoms with E-state index < -0.39 is 5.97 Å². The van der Waals surface area contributed by atoms with Crippen LogP contribution in [0.25, 0.3) is 11.3 Å². The maximum absolute atomic E-state index is 10.7. The predicted octanol–water partition coefficient (Wildman–Crippen LogP) is 0.830. The standard InChI is InChI=1S/C8H5N3O3/c12-8(13)7-5(4-14-11-7)6-3-9-1-2-10-6/h1-4H,(H,12,13). The second-order valence-corrected chi connectivity index (χ2v) is 2.47. The summed E-state index contributed by atoms with van der Waals surface area (Å²) in [6.07, 6.45) is 5.64. The minimum Gasteiger partial charge on any atom is -0.476 e. The van der Waals surface area contributed by atoms with Crippen molar-refractivity contribution in [1.29, 1.82) is 0 Å². The van der Waals surface area contributed by atoms with Crippen molar-refractivity contribution in [2.45, 2.75) is 0 Å². The van der Waals surface area contributed by atoms with Gasteiger partial charge in [-0.3, -0.25) is 9.97 Å². The molecule has 2 heterocycles. The minimum atomic E-state index is -1.15. The summed E-state index contributed by atoms with van der Waals surface area (Å²) in [5.41, 5.74) is 0.585. The molecule has 0 amide bonds. The molecule has 0 aliphatic rings. The van der Waals surface area contributed by atoms with Gasteiger partial charge >= 0.3 is 5.97 Å². The van der Waals surface area contributed by atoms with Crippen molar-refractivity contribution in [2.75, 3.05) is 0 Å². The Morgan fingerprint density at radius 3 is 2.93 bits per heavy atom. The highest BCUT2D eigenvalue weighted by Gasteiger charge is 2.17. The van der Waals surface area contributed by atoms with Crippen LogP contribution in [0.4, 0.5) is 0 Å². The lowest BCUT2D eigenvalue weighted by Gasteiger charge is -1.94. The first kappa shape index (κ1) is 8.36. The van der Waals surface area contributed by atoms with Crippen LogP contribution in [-0.4, -0.2) is 26.2 Å². The molecule has 0 bridgehead atoms. The number of aromatic nitrogens is 3. The van der Waals surface area contributed by atoms with Crippen LogP contribution in [0.3, 0.4) is 0 Å². The molecule has 0 radical (unpaired) electrons. The Morgan fingerprint density at radius 1 is 1.43 bits per heavy atom. The molecule has 70 valence electrons. The molecule has 0 saturated carbocycles. The Bertz CT molecular complexity index is 452. The molecular formula is C8H5N3O3. The Hall–Kier alpha value is -2.24. The lowest BCUT2D eigenvalue weighted by Crippen LogP contribution is -1.99. The zero-order chi connectivity index (χ0) is 9.97. The molecular weight excluding hydrogens is 186 g/mol. The van der Waals surface area contributed by atoms with Crippen LogP contribution in [0.5, 0.6) is 0 Å². The molecule has 0 unspecified atom stereocenters. The van der Waals surface area contributed by atoms with Crippen LogP contribution in [0.1, 0.15) is 10.5 Å². The highest BCUT2D eigenvalue weighted by molar-refractivity contribution is 5.92. The van der Waals surface area contributed by atoms with Gasteiger partial charge in [0.25, 0.3) is 0 Å². The highest BCUT2D eigenvalue weighted by Crippen LogP contribution is 2.19. The molecule has 14 heavy (non-hydrogen) atoms. The number of carboxylic acid groups (broad SMARTS) is 1. The first-order valence-corrected chi connectivity index (χ1v) is 3.73. The number of hydrogen-bond acceptors (Lipinski definition) is 5. The number of nitrogens with zero attached hydrogens (tertiary/aromatic N) is 3. The molecule has 0 aliphatic carbocycles. The van der Waals surface area contributed by atoms with Gasteiger partial charge in [-0.1, -0.05) is 5.16 Å². The van der Waals surface area contributed by atoms with E-state index in [-0.39, 0.29) is 5.69 Å². The topological polar surface area (TPSA) is 89.1 Å². The van der Waals surface area contributed by atoms with E-state index in [1.165, 1.54) is 24.9 Å². The summed E-state index contributed by atoms with van der Waals surface area (Å²) in [5, 5.41) is 12.1. The number of rotatable bonds is 2. The molecule has 0 aromatic carbocycles. The molecule has 0 spiro atoms. The molecule has 6 nitrogen and oxygen atoms in total. The summed E-state index contributed by atoms with van der Waals surface area (Å²) >= 11 is 0. The number of aromatic carboxylic acids is 1. The molecule has 2 aromatic heterocycles. The van der Waals surface area contributed by atoms with Crippen molar-refractivity contribution in [3.8, 4) is 11.3 Å². The SMILES string of the molecule is O=C(O)c1nocc1-c1cnccn1.